The van der Waals surface area contributed by atoms with Gasteiger partial charge in [-0.15, -0.1) is 0 Å². The highest BCUT2D eigenvalue weighted by atomic mass is 35.5. The number of nitrogens with two attached hydrogens (primary N) is 1. The number of halogens is 2. The Hall–Kier alpha value is -2.48. The zero-order valence-corrected chi connectivity index (χ0v) is 16.1. The first-order valence-electron chi connectivity index (χ1n) is 9.02. The number of hydrogen-bond donors (Lipinski definition) is 2. The van der Waals surface area contributed by atoms with Crippen molar-refractivity contribution in [3.05, 3.63) is 70.5 Å². The van der Waals surface area contributed by atoms with E-state index >= 15 is 0 Å². The van der Waals surface area contributed by atoms with Gasteiger partial charge in [-0.1, -0.05) is 35.9 Å². The Bertz CT molecular complexity index is 825. The third kappa shape index (κ3) is 6.30. The van der Waals surface area contributed by atoms with E-state index in [0.717, 1.165) is 42.2 Å². The summed E-state index contributed by atoms with van der Waals surface area (Å²) in [5.74, 6) is -0.101. The van der Waals surface area contributed by atoms with Gasteiger partial charge >= 0.3 is 0 Å². The lowest BCUT2D eigenvalue weighted by Gasteiger charge is -2.15. The number of guanidine groups is 1. The van der Waals surface area contributed by atoms with Crippen LogP contribution in [0, 0.1) is 5.82 Å². The van der Waals surface area contributed by atoms with Crippen LogP contribution in [0.2, 0.25) is 5.02 Å². The van der Waals surface area contributed by atoms with Gasteiger partial charge in [-0.3, -0.25) is 10.1 Å². The van der Waals surface area contributed by atoms with Crippen LogP contribution in [-0.4, -0.2) is 46.6 Å². The maximum absolute atomic E-state index is 13.0. The van der Waals surface area contributed by atoms with Gasteiger partial charge in [-0.05, 0) is 41.8 Å². The van der Waals surface area contributed by atoms with Crippen LogP contribution in [0.3, 0.4) is 0 Å². The van der Waals surface area contributed by atoms with Gasteiger partial charge in [-0.25, -0.2) is 19.4 Å². The van der Waals surface area contributed by atoms with Crippen molar-refractivity contribution in [2.75, 3.05) is 13.1 Å². The highest BCUT2D eigenvalue weighted by Gasteiger charge is 2.22. The lowest BCUT2D eigenvalue weighted by atomic mass is 10.2. The highest BCUT2D eigenvalue weighted by Crippen LogP contribution is 2.16. The second-order valence-electron chi connectivity index (χ2n) is 6.76. The smallest absolute Gasteiger partial charge is 0.217 e. The monoisotopic (exact) mass is 403 g/mol. The Morgan fingerprint density at radius 1 is 1.21 bits per heavy atom. The van der Waals surface area contributed by atoms with E-state index in [2.05, 4.69) is 14.9 Å². The first kappa shape index (κ1) is 20.3. The molecule has 0 aliphatic carbocycles. The molecular weight excluding hydrogens is 381 g/mol. The van der Waals surface area contributed by atoms with Gasteiger partial charge in [0.25, 0.3) is 0 Å². The van der Waals surface area contributed by atoms with E-state index in [1.807, 2.05) is 12.1 Å². The maximum atomic E-state index is 13.0. The minimum absolute atomic E-state index is 0.0565. The van der Waals surface area contributed by atoms with Gasteiger partial charge in [0.2, 0.25) is 5.96 Å². The average Bonchev–Trinajstić information content (AvgIpc) is 3.10. The Morgan fingerprint density at radius 2 is 1.89 bits per heavy atom. The molecule has 1 atom stereocenters. The standard InChI is InChI=1S/C20H23ClFN5O/c21-17-5-1-16(2-6-17)12-27(28)14-24-20(23)25-19-9-10-26(13-19)11-15-3-7-18(22)8-4-15/h1-8,14,19,28H,9-13H2,(H2,23,25)/t19-/m0/s1. The Morgan fingerprint density at radius 3 is 2.61 bits per heavy atom. The summed E-state index contributed by atoms with van der Waals surface area (Å²) >= 11 is 5.84. The van der Waals surface area contributed by atoms with E-state index in [9.17, 15) is 9.60 Å². The molecule has 8 heteroatoms. The summed E-state index contributed by atoms with van der Waals surface area (Å²) < 4.78 is 13.0. The van der Waals surface area contributed by atoms with Crippen molar-refractivity contribution in [1.82, 2.24) is 9.96 Å². The molecule has 148 valence electrons. The number of aliphatic imine (C=N–C) groups is 2. The first-order chi connectivity index (χ1) is 13.5. The van der Waals surface area contributed by atoms with Crippen molar-refractivity contribution in [2.24, 2.45) is 15.7 Å². The van der Waals surface area contributed by atoms with Crippen LogP contribution in [-0.2, 0) is 13.1 Å². The molecule has 3 rings (SSSR count). The molecular formula is C20H23ClFN5O. The van der Waals surface area contributed by atoms with E-state index in [1.54, 1.807) is 24.3 Å². The summed E-state index contributed by atoms with van der Waals surface area (Å²) in [7, 11) is 0. The fourth-order valence-corrected chi connectivity index (χ4v) is 3.20. The molecule has 0 spiro atoms. The molecule has 2 aromatic carbocycles. The number of likely N-dealkylation sites (tertiary alicyclic amines) is 1. The molecule has 0 aromatic heterocycles. The third-order valence-electron chi connectivity index (χ3n) is 4.46. The molecule has 0 amide bonds. The molecule has 0 radical (unpaired) electrons. The molecule has 0 unspecified atom stereocenters. The Labute approximate surface area is 168 Å². The fourth-order valence-electron chi connectivity index (χ4n) is 3.07. The van der Waals surface area contributed by atoms with Gasteiger partial charge < -0.3 is 5.73 Å². The van der Waals surface area contributed by atoms with Crippen LogP contribution < -0.4 is 5.73 Å². The van der Waals surface area contributed by atoms with E-state index in [4.69, 9.17) is 17.3 Å². The third-order valence-corrected chi connectivity index (χ3v) is 4.71. The van der Waals surface area contributed by atoms with Gasteiger partial charge in [0.05, 0.1) is 12.6 Å². The number of rotatable bonds is 6. The molecule has 1 aliphatic rings. The van der Waals surface area contributed by atoms with Crippen molar-refractivity contribution in [2.45, 2.75) is 25.6 Å². The molecule has 28 heavy (non-hydrogen) atoms. The van der Waals surface area contributed by atoms with Gasteiger partial charge in [-0.2, -0.15) is 0 Å². The van der Waals surface area contributed by atoms with Crippen LogP contribution in [0.25, 0.3) is 0 Å². The summed E-state index contributed by atoms with van der Waals surface area (Å²) in [4.78, 5) is 10.7. The van der Waals surface area contributed by atoms with Crippen LogP contribution in [0.1, 0.15) is 17.5 Å². The van der Waals surface area contributed by atoms with Gasteiger partial charge in [0.15, 0.2) is 0 Å². The zero-order valence-electron chi connectivity index (χ0n) is 15.4. The fraction of sp³-hybridized carbons (Fsp3) is 0.300. The van der Waals surface area contributed by atoms with Gasteiger partial charge in [0, 0.05) is 24.7 Å². The lowest BCUT2D eigenvalue weighted by Crippen LogP contribution is -2.23. The van der Waals surface area contributed by atoms with E-state index < -0.39 is 0 Å². The zero-order chi connectivity index (χ0) is 19.9. The Balaban J connectivity index is 1.47. The van der Waals surface area contributed by atoms with Crippen LogP contribution in [0.4, 0.5) is 4.39 Å². The molecule has 1 saturated heterocycles. The summed E-state index contributed by atoms with van der Waals surface area (Å²) in [6.45, 7) is 2.68. The van der Waals surface area contributed by atoms with Crippen molar-refractivity contribution >= 4 is 23.9 Å². The molecule has 1 aliphatic heterocycles. The average molecular weight is 404 g/mol. The molecule has 1 heterocycles. The van der Waals surface area contributed by atoms with Crippen LogP contribution in [0.5, 0.6) is 0 Å². The van der Waals surface area contributed by atoms with Crippen molar-refractivity contribution in [3.63, 3.8) is 0 Å². The van der Waals surface area contributed by atoms with Crippen molar-refractivity contribution in [1.29, 1.82) is 0 Å². The quantitative estimate of drug-likeness (QED) is 0.441. The van der Waals surface area contributed by atoms with Crippen molar-refractivity contribution < 1.29 is 9.60 Å². The summed E-state index contributed by atoms with van der Waals surface area (Å²) in [5.41, 5.74) is 7.82. The first-order valence-corrected chi connectivity index (χ1v) is 9.40. The topological polar surface area (TPSA) is 77.4 Å². The van der Waals surface area contributed by atoms with E-state index in [1.165, 1.54) is 18.5 Å². The summed E-state index contributed by atoms with van der Waals surface area (Å²) in [5, 5.41) is 11.5. The van der Waals surface area contributed by atoms with Crippen LogP contribution >= 0.6 is 11.6 Å². The molecule has 6 nitrogen and oxygen atoms in total. The van der Waals surface area contributed by atoms with Crippen molar-refractivity contribution in [3.8, 4) is 0 Å². The highest BCUT2D eigenvalue weighted by molar-refractivity contribution is 6.30. The van der Waals surface area contributed by atoms with E-state index in [0.29, 0.717) is 5.02 Å². The SMILES string of the molecule is NC(N=CN(O)Cc1ccc(Cl)cc1)=N[C@H]1CCN(Cc2ccc(F)cc2)C1. The van der Waals surface area contributed by atoms with E-state index in [-0.39, 0.29) is 24.4 Å². The molecule has 0 bridgehead atoms. The minimum Gasteiger partial charge on any atom is -0.368 e. The lowest BCUT2D eigenvalue weighted by molar-refractivity contribution is -0.0163. The summed E-state index contributed by atoms with van der Waals surface area (Å²) in [6, 6.07) is 13.8. The van der Waals surface area contributed by atoms with Crippen LogP contribution in [0.15, 0.2) is 58.5 Å². The second-order valence-corrected chi connectivity index (χ2v) is 7.20. The normalized spacial score (nSPS) is 18.1. The molecule has 1 fully saturated rings. The summed E-state index contributed by atoms with van der Waals surface area (Å²) in [6.07, 6.45) is 2.13. The minimum atomic E-state index is -0.229. The largest absolute Gasteiger partial charge is 0.368 e. The Kier molecular flexibility index (Phi) is 6.97. The number of hydroxylamine groups is 2. The molecule has 0 saturated carbocycles. The predicted molar refractivity (Wildman–Crippen MR) is 109 cm³/mol. The number of hydrogen-bond acceptors (Lipinski definition) is 3. The molecule has 2 aromatic rings. The second kappa shape index (κ2) is 9.64. The van der Waals surface area contributed by atoms with Gasteiger partial charge in [0.1, 0.15) is 12.2 Å². The maximum Gasteiger partial charge on any atom is 0.217 e. The number of benzene rings is 2. The number of nitrogens with zero attached hydrogens (tertiary/aromatic N) is 4. The molecule has 3 N–H and O–H groups in total. The predicted octanol–water partition coefficient (Wildman–Crippen LogP) is 3.29.